The number of esters is 1. The van der Waals surface area contributed by atoms with Crippen LogP contribution in [-0.4, -0.2) is 19.0 Å². The third-order valence-corrected chi connectivity index (χ3v) is 6.42. The number of ether oxygens (including phenoxy) is 1. The third kappa shape index (κ3) is 4.54. The van der Waals surface area contributed by atoms with Gasteiger partial charge in [-0.3, -0.25) is 4.79 Å². The molecule has 4 nitrogen and oxygen atoms in total. The molecule has 0 saturated carbocycles. The molecule has 7 heteroatoms. The zero-order valence-electron chi connectivity index (χ0n) is 15.0. The second-order valence-electron chi connectivity index (χ2n) is 6.54. The number of hydrogen-bond donors (Lipinski definition) is 1. The molecule has 142 valence electrons. The molecule has 0 saturated heterocycles. The van der Waals surface area contributed by atoms with E-state index in [1.165, 1.54) is 24.5 Å². The Kier molecular flexibility index (Phi) is 6.25. The lowest BCUT2D eigenvalue weighted by molar-refractivity contribution is -0.111. The summed E-state index contributed by atoms with van der Waals surface area (Å²) in [6.45, 7) is 2.19. The standard InChI is InChI=1S/C20H19Cl2NO3S/c1-11-3-6-13-16(9-11)27-19(18(13)20(25)26-2)23-17(24)8-5-12-4-7-14(21)15(22)10-12/h4-5,7-8,10-11H,3,6,9H2,1-2H3,(H,23,24)/b8-5+. The number of halogens is 2. The monoisotopic (exact) mass is 423 g/mol. The van der Waals surface area contributed by atoms with Crippen LogP contribution in [0.2, 0.25) is 10.0 Å². The first-order chi connectivity index (χ1) is 12.9. The van der Waals surface area contributed by atoms with Crippen molar-refractivity contribution in [2.24, 2.45) is 5.92 Å². The number of hydrogen-bond acceptors (Lipinski definition) is 4. The SMILES string of the molecule is COC(=O)c1c(NC(=O)/C=C/c2ccc(Cl)c(Cl)c2)sc2c1CCC(C)C2. The van der Waals surface area contributed by atoms with Crippen molar-refractivity contribution in [2.45, 2.75) is 26.2 Å². The van der Waals surface area contributed by atoms with Crippen LogP contribution in [0.25, 0.3) is 6.08 Å². The van der Waals surface area contributed by atoms with Gasteiger partial charge in [0.25, 0.3) is 0 Å². The van der Waals surface area contributed by atoms with Gasteiger partial charge in [-0.25, -0.2) is 4.79 Å². The van der Waals surface area contributed by atoms with Crippen LogP contribution >= 0.6 is 34.5 Å². The maximum Gasteiger partial charge on any atom is 0.341 e. The molecule has 1 aromatic heterocycles. The molecule has 0 spiro atoms. The topological polar surface area (TPSA) is 55.4 Å². The van der Waals surface area contributed by atoms with Crippen molar-refractivity contribution in [1.82, 2.24) is 0 Å². The Hall–Kier alpha value is -1.82. The van der Waals surface area contributed by atoms with Crippen molar-refractivity contribution < 1.29 is 14.3 Å². The number of methoxy groups -OCH3 is 1. The summed E-state index contributed by atoms with van der Waals surface area (Å²) in [5.74, 6) is -0.163. The molecule has 1 amide bonds. The van der Waals surface area contributed by atoms with E-state index in [2.05, 4.69) is 12.2 Å². The minimum Gasteiger partial charge on any atom is -0.465 e. The summed E-state index contributed by atoms with van der Waals surface area (Å²) in [7, 11) is 1.35. The van der Waals surface area contributed by atoms with Gasteiger partial charge in [-0.2, -0.15) is 0 Å². The molecule has 1 unspecified atom stereocenters. The Bertz CT molecular complexity index is 920. The zero-order chi connectivity index (χ0) is 19.6. The maximum absolute atomic E-state index is 12.4. The van der Waals surface area contributed by atoms with Crippen molar-refractivity contribution in [1.29, 1.82) is 0 Å². The first kappa shape index (κ1) is 19.9. The maximum atomic E-state index is 12.4. The number of amides is 1. The lowest BCUT2D eigenvalue weighted by Gasteiger charge is -2.18. The smallest absolute Gasteiger partial charge is 0.341 e. The van der Waals surface area contributed by atoms with E-state index in [1.54, 1.807) is 24.3 Å². The molecule has 1 heterocycles. The zero-order valence-corrected chi connectivity index (χ0v) is 17.3. The quantitative estimate of drug-likeness (QED) is 0.512. The van der Waals surface area contributed by atoms with Crippen LogP contribution in [0.4, 0.5) is 5.00 Å². The average Bonchev–Trinajstić information content (AvgIpc) is 2.98. The molecule has 0 aliphatic heterocycles. The molecule has 0 fully saturated rings. The molecule has 1 aliphatic rings. The Morgan fingerprint density at radius 3 is 2.78 bits per heavy atom. The molecule has 0 radical (unpaired) electrons. The highest BCUT2D eigenvalue weighted by Crippen LogP contribution is 2.40. The van der Waals surface area contributed by atoms with Crippen LogP contribution < -0.4 is 5.32 Å². The highest BCUT2D eigenvalue weighted by Gasteiger charge is 2.28. The lowest BCUT2D eigenvalue weighted by atomic mass is 9.88. The molecule has 1 aromatic carbocycles. The van der Waals surface area contributed by atoms with Gasteiger partial charge in [-0.05, 0) is 54.5 Å². The number of carbonyl (C=O) groups is 2. The first-order valence-corrected chi connectivity index (χ1v) is 10.1. The summed E-state index contributed by atoms with van der Waals surface area (Å²) in [6.07, 6.45) is 5.82. The van der Waals surface area contributed by atoms with E-state index >= 15 is 0 Å². The Morgan fingerprint density at radius 2 is 2.07 bits per heavy atom. The number of benzene rings is 1. The van der Waals surface area contributed by atoms with Crippen LogP contribution in [-0.2, 0) is 22.4 Å². The van der Waals surface area contributed by atoms with Gasteiger partial charge in [0.1, 0.15) is 5.00 Å². The molecular weight excluding hydrogens is 405 g/mol. The summed E-state index contributed by atoms with van der Waals surface area (Å²) in [5.41, 5.74) is 2.25. The normalized spacial score (nSPS) is 16.2. The summed E-state index contributed by atoms with van der Waals surface area (Å²) < 4.78 is 4.93. The van der Waals surface area contributed by atoms with Crippen LogP contribution in [0.5, 0.6) is 0 Å². The van der Waals surface area contributed by atoms with E-state index in [0.29, 0.717) is 26.5 Å². The summed E-state index contributed by atoms with van der Waals surface area (Å²) >= 11 is 13.3. The van der Waals surface area contributed by atoms with Gasteiger partial charge >= 0.3 is 5.97 Å². The highest BCUT2D eigenvalue weighted by atomic mass is 35.5. The number of nitrogens with one attached hydrogen (secondary N) is 1. The van der Waals surface area contributed by atoms with Gasteiger partial charge in [0.15, 0.2) is 0 Å². The van der Waals surface area contributed by atoms with E-state index in [1.807, 2.05) is 0 Å². The van der Waals surface area contributed by atoms with Crippen molar-refractivity contribution >= 4 is 57.5 Å². The van der Waals surface area contributed by atoms with Crippen molar-refractivity contribution in [2.75, 3.05) is 12.4 Å². The minimum absolute atomic E-state index is 0.321. The molecule has 1 atom stereocenters. The fourth-order valence-electron chi connectivity index (χ4n) is 3.10. The second kappa shape index (κ2) is 8.46. The third-order valence-electron chi connectivity index (χ3n) is 4.51. The van der Waals surface area contributed by atoms with Gasteiger partial charge < -0.3 is 10.1 Å². The number of fused-ring (bicyclic) bond motifs is 1. The lowest BCUT2D eigenvalue weighted by Crippen LogP contribution is -2.14. The Balaban J connectivity index is 1.82. The molecule has 27 heavy (non-hydrogen) atoms. The number of anilines is 1. The highest BCUT2D eigenvalue weighted by molar-refractivity contribution is 7.17. The predicted octanol–water partition coefficient (Wildman–Crippen LogP) is 5.62. The van der Waals surface area contributed by atoms with Crippen LogP contribution in [0.1, 0.15) is 39.7 Å². The Labute approximate surface area is 172 Å². The largest absolute Gasteiger partial charge is 0.465 e. The van der Waals surface area contributed by atoms with Gasteiger partial charge in [0.05, 0.1) is 22.7 Å². The van der Waals surface area contributed by atoms with E-state index in [-0.39, 0.29) is 5.91 Å². The predicted molar refractivity (Wildman–Crippen MR) is 111 cm³/mol. The van der Waals surface area contributed by atoms with Gasteiger partial charge in [-0.15, -0.1) is 11.3 Å². The fourth-order valence-corrected chi connectivity index (χ4v) is 4.81. The molecule has 3 rings (SSSR count). The van der Waals surface area contributed by atoms with E-state index < -0.39 is 5.97 Å². The van der Waals surface area contributed by atoms with E-state index in [9.17, 15) is 9.59 Å². The van der Waals surface area contributed by atoms with Crippen LogP contribution in [0.3, 0.4) is 0 Å². The number of rotatable bonds is 4. The van der Waals surface area contributed by atoms with Gasteiger partial charge in [-0.1, -0.05) is 36.2 Å². The van der Waals surface area contributed by atoms with Gasteiger partial charge in [0.2, 0.25) is 5.91 Å². The number of thiophene rings is 1. The molecule has 0 bridgehead atoms. The van der Waals surface area contributed by atoms with Gasteiger partial charge in [0, 0.05) is 11.0 Å². The van der Waals surface area contributed by atoms with E-state index in [4.69, 9.17) is 27.9 Å². The van der Waals surface area contributed by atoms with Crippen molar-refractivity contribution in [3.05, 3.63) is 55.9 Å². The van der Waals surface area contributed by atoms with E-state index in [0.717, 1.165) is 35.3 Å². The minimum atomic E-state index is -0.411. The fraction of sp³-hybridized carbons (Fsp3) is 0.300. The molecule has 1 N–H and O–H groups in total. The summed E-state index contributed by atoms with van der Waals surface area (Å²) in [6, 6.07) is 5.12. The van der Waals surface area contributed by atoms with Crippen molar-refractivity contribution in [3.63, 3.8) is 0 Å². The Morgan fingerprint density at radius 1 is 1.30 bits per heavy atom. The average molecular weight is 424 g/mol. The van der Waals surface area contributed by atoms with Crippen LogP contribution in [0, 0.1) is 5.92 Å². The molecular formula is C20H19Cl2NO3S. The second-order valence-corrected chi connectivity index (χ2v) is 8.46. The summed E-state index contributed by atoms with van der Waals surface area (Å²) in [5, 5.41) is 4.25. The van der Waals surface area contributed by atoms with Crippen LogP contribution in [0.15, 0.2) is 24.3 Å². The molecule has 1 aliphatic carbocycles. The number of carbonyl (C=O) groups excluding carboxylic acids is 2. The first-order valence-electron chi connectivity index (χ1n) is 8.56. The van der Waals surface area contributed by atoms with Crippen molar-refractivity contribution in [3.8, 4) is 0 Å². The summed E-state index contributed by atoms with van der Waals surface area (Å²) in [4.78, 5) is 25.8. The molecule has 2 aromatic rings.